The number of rotatable bonds is 5. The van der Waals surface area contributed by atoms with Crippen LogP contribution in [0.3, 0.4) is 0 Å². The highest BCUT2D eigenvalue weighted by molar-refractivity contribution is 7.92. The van der Waals surface area contributed by atoms with Crippen LogP contribution in [-0.2, 0) is 9.84 Å². The molecule has 0 radical (unpaired) electrons. The Morgan fingerprint density at radius 2 is 1.56 bits per heavy atom. The van der Waals surface area contributed by atoms with Crippen molar-refractivity contribution in [2.24, 2.45) is 5.41 Å². The minimum Gasteiger partial charge on any atom is -0.393 e. The van der Waals surface area contributed by atoms with E-state index in [0.29, 0.717) is 12.8 Å². The maximum Gasteiger partial charge on any atom is 0.155 e. The van der Waals surface area contributed by atoms with Crippen molar-refractivity contribution in [3.05, 3.63) is 0 Å². The standard InChI is InChI=1S/C12H26O3S/c1-10(13)9-12(5,6)7-8-16(14,15)11(2,3)4/h10,13H,7-9H2,1-6H3. The average molecular weight is 250 g/mol. The smallest absolute Gasteiger partial charge is 0.155 e. The van der Waals surface area contributed by atoms with Crippen molar-refractivity contribution < 1.29 is 13.5 Å². The number of hydrogen-bond donors (Lipinski definition) is 1. The fourth-order valence-corrected chi connectivity index (χ4v) is 3.05. The largest absolute Gasteiger partial charge is 0.393 e. The Kier molecular flexibility index (Phi) is 5.02. The highest BCUT2D eigenvalue weighted by Crippen LogP contribution is 2.29. The maximum absolute atomic E-state index is 11.9. The summed E-state index contributed by atoms with van der Waals surface area (Å²) >= 11 is 0. The Balaban J connectivity index is 4.47. The van der Waals surface area contributed by atoms with Crippen molar-refractivity contribution in [2.45, 2.75) is 65.2 Å². The monoisotopic (exact) mass is 250 g/mol. The second kappa shape index (κ2) is 5.05. The zero-order chi connectivity index (χ0) is 13.2. The Morgan fingerprint density at radius 1 is 1.12 bits per heavy atom. The third kappa shape index (κ3) is 5.30. The molecule has 3 nitrogen and oxygen atoms in total. The summed E-state index contributed by atoms with van der Waals surface area (Å²) in [5.74, 6) is 0.191. The van der Waals surface area contributed by atoms with Crippen LogP contribution in [0.5, 0.6) is 0 Å². The Morgan fingerprint density at radius 3 is 1.88 bits per heavy atom. The molecule has 98 valence electrons. The molecular weight excluding hydrogens is 224 g/mol. The van der Waals surface area contributed by atoms with Gasteiger partial charge in [-0.05, 0) is 46.0 Å². The number of hydrogen-bond acceptors (Lipinski definition) is 3. The van der Waals surface area contributed by atoms with Gasteiger partial charge in [0.25, 0.3) is 0 Å². The predicted molar refractivity (Wildman–Crippen MR) is 68.2 cm³/mol. The molecule has 0 amide bonds. The molecule has 0 aromatic carbocycles. The van der Waals surface area contributed by atoms with E-state index in [2.05, 4.69) is 0 Å². The SMILES string of the molecule is CC(O)CC(C)(C)CCS(=O)(=O)C(C)(C)C. The van der Waals surface area contributed by atoms with Gasteiger partial charge in [0.2, 0.25) is 0 Å². The molecule has 0 spiro atoms. The third-order valence-corrected chi connectivity index (χ3v) is 5.44. The average Bonchev–Trinajstić information content (AvgIpc) is 1.96. The Hall–Kier alpha value is -0.0900. The van der Waals surface area contributed by atoms with E-state index < -0.39 is 14.6 Å². The van der Waals surface area contributed by atoms with Gasteiger partial charge in [-0.2, -0.15) is 0 Å². The Labute approximate surface area is 100 Å². The first-order valence-corrected chi connectivity index (χ1v) is 7.43. The van der Waals surface area contributed by atoms with E-state index in [4.69, 9.17) is 0 Å². The van der Waals surface area contributed by atoms with Crippen molar-refractivity contribution in [2.75, 3.05) is 5.75 Å². The van der Waals surface area contributed by atoms with Gasteiger partial charge < -0.3 is 5.11 Å². The molecule has 0 aromatic rings. The van der Waals surface area contributed by atoms with Crippen molar-refractivity contribution in [1.82, 2.24) is 0 Å². The molecule has 0 rings (SSSR count). The van der Waals surface area contributed by atoms with Gasteiger partial charge in [0.05, 0.1) is 16.6 Å². The van der Waals surface area contributed by atoms with Crippen molar-refractivity contribution in [1.29, 1.82) is 0 Å². The number of aliphatic hydroxyl groups is 1. The minimum absolute atomic E-state index is 0.132. The van der Waals surface area contributed by atoms with Crippen molar-refractivity contribution in [3.8, 4) is 0 Å². The lowest BCUT2D eigenvalue weighted by molar-refractivity contribution is 0.127. The summed E-state index contributed by atoms with van der Waals surface area (Å²) in [6.07, 6.45) is 0.844. The van der Waals surface area contributed by atoms with Gasteiger partial charge in [-0.1, -0.05) is 13.8 Å². The van der Waals surface area contributed by atoms with E-state index in [-0.39, 0.29) is 17.3 Å². The van der Waals surface area contributed by atoms with E-state index in [9.17, 15) is 13.5 Å². The first-order chi connectivity index (χ1) is 6.87. The first kappa shape index (κ1) is 15.9. The second-order valence-electron chi connectivity index (χ2n) is 6.40. The van der Waals surface area contributed by atoms with Gasteiger partial charge in [0, 0.05) is 0 Å². The molecule has 0 fully saturated rings. The summed E-state index contributed by atoms with van der Waals surface area (Å²) in [5.41, 5.74) is -0.132. The molecule has 0 aliphatic heterocycles. The fraction of sp³-hybridized carbons (Fsp3) is 1.00. The molecule has 1 N–H and O–H groups in total. The van der Waals surface area contributed by atoms with Crippen LogP contribution in [0.1, 0.15) is 54.4 Å². The summed E-state index contributed by atoms with van der Waals surface area (Å²) in [4.78, 5) is 0. The summed E-state index contributed by atoms with van der Waals surface area (Å²) in [7, 11) is -3.05. The quantitative estimate of drug-likeness (QED) is 0.815. The summed E-state index contributed by atoms with van der Waals surface area (Å²) in [6.45, 7) is 10.9. The van der Waals surface area contributed by atoms with Gasteiger partial charge in [-0.3, -0.25) is 0 Å². The molecule has 0 aliphatic rings. The fourth-order valence-electron chi connectivity index (χ4n) is 1.62. The third-order valence-electron chi connectivity index (χ3n) is 2.83. The molecular formula is C12H26O3S. The van der Waals surface area contributed by atoms with E-state index in [0.717, 1.165) is 0 Å². The van der Waals surface area contributed by atoms with Crippen LogP contribution in [0, 0.1) is 5.41 Å². The zero-order valence-corrected chi connectivity index (χ0v) is 12.2. The summed E-state index contributed by atoms with van der Waals surface area (Å²) in [5, 5.41) is 9.33. The van der Waals surface area contributed by atoms with Gasteiger partial charge in [0.15, 0.2) is 9.84 Å². The van der Waals surface area contributed by atoms with E-state index in [1.165, 1.54) is 0 Å². The van der Waals surface area contributed by atoms with Gasteiger partial charge in [0.1, 0.15) is 0 Å². The van der Waals surface area contributed by atoms with Gasteiger partial charge in [-0.15, -0.1) is 0 Å². The lowest BCUT2D eigenvalue weighted by Crippen LogP contribution is -2.32. The van der Waals surface area contributed by atoms with Crippen LogP contribution in [0.25, 0.3) is 0 Å². The molecule has 16 heavy (non-hydrogen) atoms. The summed E-state index contributed by atoms with van der Waals surface area (Å²) in [6, 6.07) is 0. The molecule has 0 aromatic heterocycles. The Bertz CT molecular complexity index is 308. The molecule has 0 bridgehead atoms. The second-order valence-corrected chi connectivity index (χ2v) is 9.26. The van der Waals surface area contributed by atoms with Gasteiger partial charge in [-0.25, -0.2) is 8.42 Å². The summed E-state index contributed by atoms with van der Waals surface area (Å²) < 4.78 is 23.2. The maximum atomic E-state index is 11.9. The first-order valence-electron chi connectivity index (χ1n) is 5.78. The van der Waals surface area contributed by atoms with Crippen LogP contribution < -0.4 is 0 Å². The lowest BCUT2D eigenvalue weighted by atomic mass is 9.84. The van der Waals surface area contributed by atoms with Gasteiger partial charge >= 0.3 is 0 Å². The zero-order valence-electron chi connectivity index (χ0n) is 11.4. The van der Waals surface area contributed by atoms with Crippen LogP contribution in [-0.4, -0.2) is 30.1 Å². The molecule has 0 saturated carbocycles. The molecule has 1 atom stereocenters. The topological polar surface area (TPSA) is 54.4 Å². The van der Waals surface area contributed by atoms with Crippen LogP contribution in [0.2, 0.25) is 0 Å². The highest BCUT2D eigenvalue weighted by Gasteiger charge is 2.31. The van der Waals surface area contributed by atoms with Crippen LogP contribution in [0.15, 0.2) is 0 Å². The normalized spacial score (nSPS) is 16.2. The molecule has 0 heterocycles. The number of aliphatic hydroxyl groups excluding tert-OH is 1. The molecule has 0 saturated heterocycles. The predicted octanol–water partition coefficient (Wildman–Crippen LogP) is 2.39. The van der Waals surface area contributed by atoms with Crippen molar-refractivity contribution >= 4 is 9.84 Å². The minimum atomic E-state index is -3.05. The molecule has 0 aliphatic carbocycles. The lowest BCUT2D eigenvalue weighted by Gasteiger charge is -2.28. The van der Waals surface area contributed by atoms with E-state index in [1.807, 2.05) is 13.8 Å². The molecule has 4 heteroatoms. The van der Waals surface area contributed by atoms with Crippen LogP contribution >= 0.6 is 0 Å². The van der Waals surface area contributed by atoms with Crippen molar-refractivity contribution in [3.63, 3.8) is 0 Å². The number of sulfone groups is 1. The highest BCUT2D eigenvalue weighted by atomic mass is 32.2. The van der Waals surface area contributed by atoms with E-state index in [1.54, 1.807) is 27.7 Å². The van der Waals surface area contributed by atoms with Crippen LogP contribution in [0.4, 0.5) is 0 Å². The van der Waals surface area contributed by atoms with E-state index >= 15 is 0 Å². The molecule has 1 unspecified atom stereocenters.